The molecule has 3 N–H and O–H groups in total. The van der Waals surface area contributed by atoms with Crippen LogP contribution in [0.4, 0.5) is 11.6 Å². The number of methoxy groups -OCH3 is 1. The van der Waals surface area contributed by atoms with E-state index in [-0.39, 0.29) is 18.1 Å². The molecule has 13 heteroatoms. The highest BCUT2D eigenvalue weighted by Crippen LogP contribution is 2.29. The Morgan fingerprint density at radius 1 is 1.13 bits per heavy atom. The van der Waals surface area contributed by atoms with Gasteiger partial charge in [0.2, 0.25) is 11.9 Å². The number of aromatic nitrogens is 5. The minimum atomic E-state index is -0.556. The Hall–Kier alpha value is -4.39. The summed E-state index contributed by atoms with van der Waals surface area (Å²) in [5, 5.41) is 3.66. The highest BCUT2D eigenvalue weighted by molar-refractivity contribution is 6.11. The van der Waals surface area contributed by atoms with E-state index in [4.69, 9.17) is 4.74 Å². The molecule has 4 aromatic rings. The number of aryl methyl sites for hydroxylation is 3. The first kappa shape index (κ1) is 26.2. The molecular formula is C26H32N8O5. The average Bonchev–Trinajstić information content (AvgIpc) is 3.46. The fourth-order valence-electron chi connectivity index (χ4n) is 5.08. The number of rotatable bonds is 7. The highest BCUT2D eigenvalue weighted by Gasteiger charge is 2.26. The molecule has 39 heavy (non-hydrogen) atoms. The van der Waals surface area contributed by atoms with Crippen LogP contribution in [0.2, 0.25) is 0 Å². The number of hydrogen-bond donors (Lipinski definition) is 3. The molecule has 0 radical (unpaired) electrons. The molecule has 1 aromatic carbocycles. The SMILES string of the molecule is CCCn1c(N2CCN(CC(=O)Nc3c(C(=O)OC)[nH]c4ccc(C)cc34)CC2)nc2c1c(=O)[nH]c(=O)n2C. The Kier molecular flexibility index (Phi) is 7.00. The van der Waals surface area contributed by atoms with Crippen LogP contribution in [0.15, 0.2) is 27.8 Å². The summed E-state index contributed by atoms with van der Waals surface area (Å²) in [5.41, 5.74) is 2.13. The van der Waals surface area contributed by atoms with Gasteiger partial charge in [0.25, 0.3) is 5.56 Å². The first-order valence-electron chi connectivity index (χ1n) is 12.9. The molecule has 1 amide bonds. The summed E-state index contributed by atoms with van der Waals surface area (Å²) in [7, 11) is 2.89. The van der Waals surface area contributed by atoms with Crippen molar-refractivity contribution in [3.63, 3.8) is 0 Å². The maximum absolute atomic E-state index is 13.1. The number of imidazole rings is 1. The third-order valence-corrected chi connectivity index (χ3v) is 7.06. The van der Waals surface area contributed by atoms with E-state index in [0.717, 1.165) is 22.9 Å². The number of piperazine rings is 1. The number of ether oxygens (including phenoxy) is 1. The van der Waals surface area contributed by atoms with Gasteiger partial charge in [-0.2, -0.15) is 4.98 Å². The van der Waals surface area contributed by atoms with Gasteiger partial charge in [0, 0.05) is 50.7 Å². The van der Waals surface area contributed by atoms with Crippen LogP contribution in [-0.2, 0) is 23.1 Å². The standard InChI is InChI=1S/C26H32N8O5/c1-5-8-34-21-22(31(3)26(38)30-23(21)36)29-25(34)33-11-9-32(10-12-33)14-18(35)28-19-16-13-15(2)6-7-17(16)27-20(19)24(37)39-4/h6-7,13,27H,5,8-12,14H2,1-4H3,(H,28,35)(H,30,36,38). The normalized spacial score (nSPS) is 14.3. The molecule has 0 spiro atoms. The number of anilines is 2. The van der Waals surface area contributed by atoms with Gasteiger partial charge >= 0.3 is 11.7 Å². The third-order valence-electron chi connectivity index (χ3n) is 7.06. The van der Waals surface area contributed by atoms with Gasteiger partial charge in [-0.05, 0) is 25.5 Å². The number of fused-ring (bicyclic) bond motifs is 2. The first-order valence-corrected chi connectivity index (χ1v) is 12.9. The summed E-state index contributed by atoms with van der Waals surface area (Å²) >= 11 is 0. The molecule has 4 heterocycles. The molecule has 0 aliphatic carbocycles. The van der Waals surface area contributed by atoms with Crippen molar-refractivity contribution in [2.24, 2.45) is 7.05 Å². The van der Waals surface area contributed by atoms with E-state index < -0.39 is 17.2 Å². The van der Waals surface area contributed by atoms with Gasteiger partial charge in [-0.3, -0.25) is 24.0 Å². The lowest BCUT2D eigenvalue weighted by molar-refractivity contribution is -0.117. The zero-order chi connectivity index (χ0) is 27.8. The number of nitrogens with one attached hydrogen (secondary N) is 3. The number of hydrogen-bond acceptors (Lipinski definition) is 8. The molecule has 0 bridgehead atoms. The molecule has 3 aromatic heterocycles. The van der Waals surface area contributed by atoms with Crippen LogP contribution in [0.25, 0.3) is 22.1 Å². The Bertz CT molecular complexity index is 1690. The van der Waals surface area contributed by atoms with Crippen molar-refractivity contribution < 1.29 is 14.3 Å². The second-order valence-electron chi connectivity index (χ2n) is 9.78. The Labute approximate surface area is 223 Å². The van der Waals surface area contributed by atoms with Crippen LogP contribution in [0, 0.1) is 6.92 Å². The van der Waals surface area contributed by atoms with Crippen LogP contribution in [-0.4, -0.2) is 80.7 Å². The zero-order valence-electron chi connectivity index (χ0n) is 22.5. The third kappa shape index (κ3) is 4.80. The second-order valence-corrected chi connectivity index (χ2v) is 9.78. The van der Waals surface area contributed by atoms with Gasteiger partial charge in [-0.1, -0.05) is 18.6 Å². The number of nitrogens with zero attached hydrogens (tertiary/aromatic N) is 5. The lowest BCUT2D eigenvalue weighted by atomic mass is 10.1. The van der Waals surface area contributed by atoms with Gasteiger partial charge in [-0.15, -0.1) is 0 Å². The molecule has 1 aliphatic rings. The summed E-state index contributed by atoms with van der Waals surface area (Å²) in [6.45, 7) is 7.05. The van der Waals surface area contributed by atoms with E-state index in [0.29, 0.717) is 55.5 Å². The predicted molar refractivity (Wildman–Crippen MR) is 148 cm³/mol. The van der Waals surface area contributed by atoms with Crippen molar-refractivity contribution in [3.05, 3.63) is 50.3 Å². The van der Waals surface area contributed by atoms with Gasteiger partial charge in [0.1, 0.15) is 5.69 Å². The quantitative estimate of drug-likeness (QED) is 0.298. The number of amides is 1. The van der Waals surface area contributed by atoms with Gasteiger partial charge < -0.3 is 24.5 Å². The number of carbonyl (C=O) groups is 2. The zero-order valence-corrected chi connectivity index (χ0v) is 22.5. The maximum atomic E-state index is 13.1. The van der Waals surface area contributed by atoms with E-state index in [1.165, 1.54) is 11.7 Å². The molecule has 13 nitrogen and oxygen atoms in total. The molecule has 1 aliphatic heterocycles. The van der Waals surface area contributed by atoms with Crippen molar-refractivity contribution in [1.29, 1.82) is 0 Å². The molecule has 0 saturated carbocycles. The van der Waals surface area contributed by atoms with Gasteiger partial charge in [0.05, 0.1) is 19.3 Å². The topological polar surface area (TPSA) is 150 Å². The number of aromatic amines is 2. The fraction of sp³-hybridized carbons (Fsp3) is 0.423. The summed E-state index contributed by atoms with van der Waals surface area (Å²) in [4.78, 5) is 64.3. The second kappa shape index (κ2) is 10.4. The molecule has 5 rings (SSSR count). The Balaban J connectivity index is 1.31. The van der Waals surface area contributed by atoms with E-state index in [1.54, 1.807) is 7.05 Å². The fourth-order valence-corrected chi connectivity index (χ4v) is 5.08. The number of H-pyrrole nitrogens is 2. The Morgan fingerprint density at radius 3 is 2.56 bits per heavy atom. The van der Waals surface area contributed by atoms with Crippen LogP contribution in [0.1, 0.15) is 29.4 Å². The summed E-state index contributed by atoms with van der Waals surface area (Å²) in [5.74, 6) is -0.158. The number of carbonyl (C=O) groups excluding carboxylic acids is 2. The van der Waals surface area contributed by atoms with Gasteiger partial charge in [-0.25, -0.2) is 9.59 Å². The lowest BCUT2D eigenvalue weighted by Crippen LogP contribution is -2.49. The van der Waals surface area contributed by atoms with Crippen LogP contribution in [0.5, 0.6) is 0 Å². The Morgan fingerprint density at radius 2 is 1.87 bits per heavy atom. The van der Waals surface area contributed by atoms with Gasteiger partial charge in [0.15, 0.2) is 11.2 Å². The van der Waals surface area contributed by atoms with Crippen molar-refractivity contribution in [2.45, 2.75) is 26.8 Å². The monoisotopic (exact) mass is 536 g/mol. The van der Waals surface area contributed by atoms with Crippen LogP contribution >= 0.6 is 0 Å². The van der Waals surface area contributed by atoms with E-state index >= 15 is 0 Å². The summed E-state index contributed by atoms with van der Waals surface area (Å²) in [6.07, 6.45) is 0.793. The van der Waals surface area contributed by atoms with Crippen molar-refractivity contribution in [2.75, 3.05) is 50.1 Å². The lowest BCUT2D eigenvalue weighted by Gasteiger charge is -2.35. The molecule has 1 fully saturated rings. The minimum absolute atomic E-state index is 0.145. The number of benzene rings is 1. The molecule has 0 unspecified atom stereocenters. The van der Waals surface area contributed by atoms with Crippen LogP contribution in [0.3, 0.4) is 0 Å². The van der Waals surface area contributed by atoms with Crippen molar-refractivity contribution in [3.8, 4) is 0 Å². The van der Waals surface area contributed by atoms with Crippen LogP contribution < -0.4 is 21.5 Å². The van der Waals surface area contributed by atoms with Crippen molar-refractivity contribution >= 4 is 45.6 Å². The summed E-state index contributed by atoms with van der Waals surface area (Å²) < 4.78 is 8.12. The van der Waals surface area contributed by atoms with E-state index in [9.17, 15) is 19.2 Å². The molecule has 206 valence electrons. The smallest absolute Gasteiger partial charge is 0.356 e. The highest BCUT2D eigenvalue weighted by atomic mass is 16.5. The summed E-state index contributed by atoms with van der Waals surface area (Å²) in [6, 6.07) is 5.70. The van der Waals surface area contributed by atoms with E-state index in [1.807, 2.05) is 41.5 Å². The number of esters is 1. The van der Waals surface area contributed by atoms with Crippen molar-refractivity contribution in [1.82, 2.24) is 29.0 Å². The first-order chi connectivity index (χ1) is 18.7. The van der Waals surface area contributed by atoms with E-state index in [2.05, 4.69) is 25.2 Å². The molecular weight excluding hydrogens is 504 g/mol. The largest absolute Gasteiger partial charge is 0.464 e. The molecule has 1 saturated heterocycles. The molecule has 0 atom stereocenters. The predicted octanol–water partition coefficient (Wildman–Crippen LogP) is 1.17. The average molecular weight is 537 g/mol. The maximum Gasteiger partial charge on any atom is 0.356 e. The minimum Gasteiger partial charge on any atom is -0.464 e.